The van der Waals surface area contributed by atoms with Crippen molar-refractivity contribution in [2.24, 2.45) is 0 Å². The van der Waals surface area contributed by atoms with Crippen LogP contribution in [0.25, 0.3) is 0 Å². The predicted octanol–water partition coefficient (Wildman–Crippen LogP) is -1.99. The van der Waals surface area contributed by atoms with Gasteiger partial charge in [-0.2, -0.15) is 0 Å². The molecule has 2 N–H and O–H groups in total. The smallest absolute Gasteiger partial charge is 0.268 e. The number of piperidine rings is 1. The van der Waals surface area contributed by atoms with Crippen LogP contribution in [0.15, 0.2) is 0 Å². The molecule has 10 nitrogen and oxygen atoms in total. The predicted molar refractivity (Wildman–Crippen MR) is 120 cm³/mol. The second kappa shape index (κ2) is 9.25. The molecule has 0 aromatic carbocycles. The van der Waals surface area contributed by atoms with Crippen LogP contribution in [0.2, 0.25) is 0 Å². The van der Waals surface area contributed by atoms with Gasteiger partial charge in [-0.25, -0.2) is 0 Å². The monoisotopic (exact) mass is 449 g/mol. The minimum atomic E-state index is -1.03. The summed E-state index contributed by atoms with van der Waals surface area (Å²) in [5.41, 5.74) is -2.03. The van der Waals surface area contributed by atoms with Gasteiger partial charge in [-0.1, -0.05) is 6.42 Å². The van der Waals surface area contributed by atoms with Crippen LogP contribution in [-0.4, -0.2) is 146 Å². The van der Waals surface area contributed by atoms with Gasteiger partial charge >= 0.3 is 0 Å². The van der Waals surface area contributed by atoms with Gasteiger partial charge in [0.2, 0.25) is 0 Å². The third-order valence-electron chi connectivity index (χ3n) is 8.12. The lowest BCUT2D eigenvalue weighted by atomic mass is 9.84. The van der Waals surface area contributed by atoms with Crippen molar-refractivity contribution in [3.63, 3.8) is 0 Å². The van der Waals surface area contributed by atoms with Gasteiger partial charge in [0.05, 0.1) is 13.2 Å². The van der Waals surface area contributed by atoms with Crippen molar-refractivity contribution in [2.45, 2.75) is 30.6 Å². The number of hydrogen-bond acceptors (Lipinski definition) is 9. The number of carbonyl (C=O) groups is 2. The summed E-state index contributed by atoms with van der Waals surface area (Å²) in [7, 11) is 1.70. The summed E-state index contributed by atoms with van der Waals surface area (Å²) in [6.07, 6.45) is 3.32. The molecule has 5 aliphatic rings. The summed E-state index contributed by atoms with van der Waals surface area (Å²) >= 11 is 0. The van der Waals surface area contributed by atoms with E-state index in [9.17, 15) is 9.59 Å². The maximum Gasteiger partial charge on any atom is 0.268 e. The number of imide groups is 1. The fourth-order valence-electron chi connectivity index (χ4n) is 6.76. The average molecular weight is 450 g/mol. The quantitative estimate of drug-likeness (QED) is 0.474. The van der Waals surface area contributed by atoms with Gasteiger partial charge in [-0.05, 0) is 12.8 Å². The van der Waals surface area contributed by atoms with Crippen molar-refractivity contribution >= 4 is 11.8 Å². The number of morpholine rings is 1. The summed E-state index contributed by atoms with van der Waals surface area (Å²) in [5.74, 6) is -0.105. The van der Waals surface area contributed by atoms with Crippen LogP contribution in [0, 0.1) is 0 Å². The molecule has 0 saturated carbocycles. The Bertz CT molecular complexity index is 602. The number of nitrogens with one attached hydrogen (secondary N) is 2. The van der Waals surface area contributed by atoms with Gasteiger partial charge in [0.25, 0.3) is 11.8 Å². The molecule has 2 atom stereocenters. The molecule has 5 rings (SSSR count). The number of ether oxygens (including phenoxy) is 1. The summed E-state index contributed by atoms with van der Waals surface area (Å²) in [5, 5.41) is 6.90. The normalized spacial score (nSPS) is 37.3. The van der Waals surface area contributed by atoms with E-state index in [-0.39, 0.29) is 11.8 Å². The molecule has 0 aromatic heterocycles. The zero-order valence-corrected chi connectivity index (χ0v) is 19.5. The molecule has 2 amide bonds. The van der Waals surface area contributed by atoms with Crippen LogP contribution in [0.4, 0.5) is 0 Å². The first kappa shape index (κ1) is 22.6. The van der Waals surface area contributed by atoms with Gasteiger partial charge in [0.15, 0.2) is 11.3 Å². The molecule has 32 heavy (non-hydrogen) atoms. The zero-order chi connectivity index (χ0) is 22.2. The number of likely N-dealkylation sites (tertiary alicyclic amines) is 2. The van der Waals surface area contributed by atoms with Gasteiger partial charge in [0.1, 0.15) is 0 Å². The van der Waals surface area contributed by atoms with Crippen LogP contribution < -0.4 is 10.6 Å². The van der Waals surface area contributed by atoms with Gasteiger partial charge in [-0.15, -0.1) is 0 Å². The fourth-order valence-corrected chi connectivity index (χ4v) is 6.76. The third kappa shape index (κ3) is 3.19. The van der Waals surface area contributed by atoms with E-state index in [4.69, 9.17) is 4.74 Å². The molecule has 0 spiro atoms. The highest BCUT2D eigenvalue weighted by molar-refractivity contribution is 6.14. The number of amides is 2. The number of carbonyl (C=O) groups excluding carboxylic acids is 2. The van der Waals surface area contributed by atoms with E-state index in [1.54, 1.807) is 7.05 Å². The van der Waals surface area contributed by atoms with Crippen LogP contribution in [-0.2, 0) is 14.3 Å². The molecule has 0 aromatic rings. The van der Waals surface area contributed by atoms with Crippen molar-refractivity contribution in [2.75, 3.05) is 98.8 Å². The Balaban J connectivity index is 1.73. The SMILES string of the molecule is CN1C(=O)C(N2CCCCC2)(N2CCNCC2)C(N2CCNCC2)(N2CCOCC2)C1=O. The molecule has 180 valence electrons. The summed E-state index contributed by atoms with van der Waals surface area (Å²) in [6, 6.07) is 0. The van der Waals surface area contributed by atoms with E-state index in [1.165, 1.54) is 11.3 Å². The molecule has 5 saturated heterocycles. The lowest BCUT2D eigenvalue weighted by Crippen LogP contribution is -2.86. The fraction of sp³-hybridized carbons (Fsp3) is 0.909. The molecule has 10 heteroatoms. The second-order valence-corrected chi connectivity index (χ2v) is 9.63. The highest BCUT2D eigenvalue weighted by atomic mass is 16.5. The summed E-state index contributed by atoms with van der Waals surface area (Å²) in [4.78, 5) is 39.7. The van der Waals surface area contributed by atoms with E-state index in [1.807, 2.05) is 0 Å². The van der Waals surface area contributed by atoms with Crippen LogP contribution in [0.3, 0.4) is 0 Å². The van der Waals surface area contributed by atoms with Crippen molar-refractivity contribution < 1.29 is 14.3 Å². The average Bonchev–Trinajstić information content (AvgIpc) is 3.05. The number of piperazine rings is 2. The Morgan fingerprint density at radius 3 is 1.50 bits per heavy atom. The molecule has 0 radical (unpaired) electrons. The Kier molecular flexibility index (Phi) is 6.54. The van der Waals surface area contributed by atoms with Gasteiger partial charge in [-0.3, -0.25) is 34.1 Å². The van der Waals surface area contributed by atoms with Crippen molar-refractivity contribution in [3.8, 4) is 0 Å². The first-order chi connectivity index (χ1) is 15.6. The molecule has 0 aliphatic carbocycles. The zero-order valence-electron chi connectivity index (χ0n) is 19.5. The lowest BCUT2D eigenvalue weighted by molar-refractivity contribution is -0.220. The molecular weight excluding hydrogens is 410 g/mol. The molecule has 5 fully saturated rings. The molecule has 5 aliphatic heterocycles. The summed E-state index contributed by atoms with van der Waals surface area (Å²) < 4.78 is 5.72. The first-order valence-corrected chi connectivity index (χ1v) is 12.5. The third-order valence-corrected chi connectivity index (χ3v) is 8.12. The standard InChI is InChI=1S/C22H39N7O3/c1-25-19(30)21(26-9-3-2-4-10-26,27-11-5-23-6-12-27)22(20(25)31,28-13-7-24-8-14-28)29-15-17-32-18-16-29/h23-24H,2-18H2,1H3. The van der Waals surface area contributed by atoms with Crippen LogP contribution >= 0.6 is 0 Å². The highest BCUT2D eigenvalue weighted by Crippen LogP contribution is 2.48. The molecular formula is C22H39N7O3. The van der Waals surface area contributed by atoms with Gasteiger partial charge in [0, 0.05) is 85.6 Å². The Morgan fingerprint density at radius 1 is 0.625 bits per heavy atom. The van der Waals surface area contributed by atoms with Crippen LogP contribution in [0.5, 0.6) is 0 Å². The van der Waals surface area contributed by atoms with E-state index < -0.39 is 11.3 Å². The van der Waals surface area contributed by atoms with Crippen LogP contribution in [0.1, 0.15) is 19.3 Å². The lowest BCUT2D eigenvalue weighted by Gasteiger charge is -2.62. The maximum atomic E-state index is 14.4. The van der Waals surface area contributed by atoms with Crippen molar-refractivity contribution in [3.05, 3.63) is 0 Å². The minimum Gasteiger partial charge on any atom is -0.379 e. The Morgan fingerprint density at radius 2 is 1.03 bits per heavy atom. The first-order valence-electron chi connectivity index (χ1n) is 12.5. The largest absolute Gasteiger partial charge is 0.379 e. The van der Waals surface area contributed by atoms with E-state index in [0.29, 0.717) is 26.3 Å². The van der Waals surface area contributed by atoms with Crippen molar-refractivity contribution in [1.82, 2.24) is 35.1 Å². The highest BCUT2D eigenvalue weighted by Gasteiger charge is 2.77. The number of hydrogen-bond donors (Lipinski definition) is 2. The van der Waals surface area contributed by atoms with E-state index >= 15 is 0 Å². The molecule has 0 bridgehead atoms. The minimum absolute atomic E-state index is 0.0451. The number of nitrogens with zero attached hydrogens (tertiary/aromatic N) is 5. The van der Waals surface area contributed by atoms with Gasteiger partial charge < -0.3 is 15.4 Å². The summed E-state index contributed by atoms with van der Waals surface area (Å²) in [6.45, 7) is 10.6. The molecule has 5 heterocycles. The van der Waals surface area contributed by atoms with Crippen molar-refractivity contribution in [1.29, 1.82) is 0 Å². The Hall–Kier alpha value is -1.14. The van der Waals surface area contributed by atoms with E-state index in [2.05, 4.69) is 30.2 Å². The molecule has 2 unspecified atom stereocenters. The van der Waals surface area contributed by atoms with E-state index in [0.717, 1.165) is 78.3 Å². The maximum absolute atomic E-state index is 14.4. The number of likely N-dealkylation sites (N-methyl/N-ethyl adjacent to an activating group) is 1. The number of rotatable bonds is 4. The topological polar surface area (TPSA) is 83.6 Å². The second-order valence-electron chi connectivity index (χ2n) is 9.63. The Labute approximate surface area is 191 Å².